The maximum atomic E-state index is 13.3. The maximum Gasteiger partial charge on any atom is 0.239 e. The lowest BCUT2D eigenvalue weighted by Gasteiger charge is -2.24. The molecule has 0 unspecified atom stereocenters. The van der Waals surface area contributed by atoms with E-state index in [4.69, 9.17) is 0 Å². The topological polar surface area (TPSA) is 70.6 Å². The van der Waals surface area contributed by atoms with E-state index in [1.807, 2.05) is 37.3 Å². The number of likely N-dealkylation sites (N-methyl/N-ethyl adjacent to an activating group) is 1. The van der Waals surface area contributed by atoms with E-state index < -0.39 is 9.84 Å². The number of fused-ring (bicyclic) bond motifs is 1. The number of nitrogens with zero attached hydrogens (tertiary/aromatic N) is 3. The minimum Gasteiger partial charge on any atom is -0.302 e. The third kappa shape index (κ3) is 6.10. The molecular formula is C23H29N3O3S3. The largest absolute Gasteiger partial charge is 0.302 e. The summed E-state index contributed by atoms with van der Waals surface area (Å²) >= 11 is 2.85. The van der Waals surface area contributed by atoms with E-state index in [0.29, 0.717) is 17.2 Å². The van der Waals surface area contributed by atoms with Gasteiger partial charge in [-0.2, -0.15) is 0 Å². The molecule has 2 aromatic carbocycles. The first kappa shape index (κ1) is 24.7. The number of aromatic nitrogens is 1. The molecule has 0 spiro atoms. The van der Waals surface area contributed by atoms with Gasteiger partial charge in [-0.3, -0.25) is 9.69 Å². The number of thiazole rings is 1. The Balaban J connectivity index is 1.89. The van der Waals surface area contributed by atoms with Crippen molar-refractivity contribution >= 4 is 54.2 Å². The molecule has 172 valence electrons. The van der Waals surface area contributed by atoms with E-state index in [1.54, 1.807) is 17.0 Å². The minimum absolute atomic E-state index is 0.0392. The number of aryl methyl sites for hydroxylation is 1. The lowest BCUT2D eigenvalue weighted by atomic mass is 10.2. The molecule has 0 aliphatic rings. The molecule has 6 nitrogen and oxygen atoms in total. The highest BCUT2D eigenvalue weighted by Gasteiger charge is 2.23. The molecular weight excluding hydrogens is 462 g/mol. The second-order valence-electron chi connectivity index (χ2n) is 7.55. The number of carbonyl (C=O) groups excluding carboxylic acids is 1. The Kier molecular flexibility index (Phi) is 8.32. The average molecular weight is 492 g/mol. The minimum atomic E-state index is -3.42. The van der Waals surface area contributed by atoms with Gasteiger partial charge in [-0.05, 0) is 44.3 Å². The fourth-order valence-electron chi connectivity index (χ4n) is 3.29. The number of sulfone groups is 1. The second kappa shape index (κ2) is 10.8. The van der Waals surface area contributed by atoms with Crippen molar-refractivity contribution in [2.75, 3.05) is 43.1 Å². The molecule has 0 N–H and O–H groups in total. The van der Waals surface area contributed by atoms with Gasteiger partial charge in [-0.25, -0.2) is 13.4 Å². The molecule has 0 bridgehead atoms. The third-order valence-electron chi connectivity index (χ3n) is 5.22. The number of hydrogen-bond acceptors (Lipinski definition) is 7. The molecule has 0 aliphatic carbocycles. The van der Waals surface area contributed by atoms with Crippen molar-refractivity contribution in [2.45, 2.75) is 30.6 Å². The molecule has 0 atom stereocenters. The summed E-state index contributed by atoms with van der Waals surface area (Å²) < 4.78 is 25.2. The molecule has 32 heavy (non-hydrogen) atoms. The summed E-state index contributed by atoms with van der Waals surface area (Å²) in [5, 5.41) is 0.540. The summed E-state index contributed by atoms with van der Waals surface area (Å²) in [6.07, 6.45) is 1.18. The smallest absolute Gasteiger partial charge is 0.239 e. The van der Waals surface area contributed by atoms with Gasteiger partial charge >= 0.3 is 0 Å². The average Bonchev–Trinajstić information content (AvgIpc) is 3.19. The second-order valence-corrected chi connectivity index (χ2v) is 11.6. The molecule has 0 fully saturated rings. The fraction of sp³-hybridized carbons (Fsp3) is 0.391. The van der Waals surface area contributed by atoms with Crippen LogP contribution in [0.2, 0.25) is 0 Å². The number of thioether (sulfide) groups is 1. The molecule has 1 aromatic heterocycles. The molecule has 9 heteroatoms. The standard InChI is InChI=1S/C23H29N3O3S3/c1-5-25(6-2)14-15-26(21(27)16-30-18-12-10-17(3)11-13-18)23-24-22-19(31-23)8-7-9-20(22)32(4,28)29/h7-13H,5-6,14-16H2,1-4H3. The van der Waals surface area contributed by atoms with Gasteiger partial charge in [0.05, 0.1) is 15.3 Å². The number of anilines is 1. The monoisotopic (exact) mass is 491 g/mol. The first-order valence-corrected chi connectivity index (χ1v) is 14.2. The number of hydrogen-bond donors (Lipinski definition) is 0. The summed E-state index contributed by atoms with van der Waals surface area (Å²) in [5.74, 6) is 0.249. The maximum absolute atomic E-state index is 13.3. The highest BCUT2D eigenvalue weighted by Crippen LogP contribution is 2.33. The van der Waals surface area contributed by atoms with Crippen LogP contribution in [0.3, 0.4) is 0 Å². The van der Waals surface area contributed by atoms with Crippen LogP contribution in [0.25, 0.3) is 10.2 Å². The van der Waals surface area contributed by atoms with Crippen molar-refractivity contribution in [3.63, 3.8) is 0 Å². The van der Waals surface area contributed by atoms with Gasteiger partial charge in [0.1, 0.15) is 5.52 Å². The van der Waals surface area contributed by atoms with E-state index in [2.05, 4.69) is 23.7 Å². The summed E-state index contributed by atoms with van der Waals surface area (Å²) in [7, 11) is -3.42. The quantitative estimate of drug-likeness (QED) is 0.390. The zero-order chi connectivity index (χ0) is 23.3. The lowest BCUT2D eigenvalue weighted by molar-refractivity contribution is -0.116. The van der Waals surface area contributed by atoms with E-state index in [0.717, 1.165) is 29.2 Å². The first-order valence-electron chi connectivity index (χ1n) is 10.5. The Labute approximate surface area is 198 Å². The molecule has 3 rings (SSSR count). The molecule has 0 saturated carbocycles. The van der Waals surface area contributed by atoms with Gasteiger partial charge in [0.25, 0.3) is 0 Å². The van der Waals surface area contributed by atoms with Crippen molar-refractivity contribution in [3.05, 3.63) is 48.0 Å². The third-order valence-corrected chi connectivity index (χ3v) is 8.39. The van der Waals surface area contributed by atoms with E-state index in [-0.39, 0.29) is 16.6 Å². The number of rotatable bonds is 10. The van der Waals surface area contributed by atoms with E-state index >= 15 is 0 Å². The van der Waals surface area contributed by atoms with Gasteiger partial charge in [0.2, 0.25) is 5.91 Å². The summed E-state index contributed by atoms with van der Waals surface area (Å²) in [4.78, 5) is 23.1. The van der Waals surface area contributed by atoms with E-state index in [1.165, 1.54) is 34.9 Å². The van der Waals surface area contributed by atoms with Crippen LogP contribution < -0.4 is 4.90 Å². The van der Waals surface area contributed by atoms with Crippen LogP contribution in [0.5, 0.6) is 0 Å². The van der Waals surface area contributed by atoms with Crippen LogP contribution in [0.1, 0.15) is 19.4 Å². The van der Waals surface area contributed by atoms with Gasteiger partial charge < -0.3 is 4.90 Å². The van der Waals surface area contributed by atoms with E-state index in [9.17, 15) is 13.2 Å². The number of carbonyl (C=O) groups is 1. The van der Waals surface area contributed by atoms with Gasteiger partial charge in [-0.1, -0.05) is 48.9 Å². The zero-order valence-electron chi connectivity index (χ0n) is 18.9. The van der Waals surface area contributed by atoms with Crippen LogP contribution in [0.15, 0.2) is 52.3 Å². The van der Waals surface area contributed by atoms with Crippen molar-refractivity contribution < 1.29 is 13.2 Å². The summed E-state index contributed by atoms with van der Waals surface area (Å²) in [6, 6.07) is 13.2. The van der Waals surface area contributed by atoms with Gasteiger partial charge in [0.15, 0.2) is 15.0 Å². The highest BCUT2D eigenvalue weighted by molar-refractivity contribution is 8.00. The molecule has 3 aromatic rings. The van der Waals surface area contributed by atoms with Crippen molar-refractivity contribution in [3.8, 4) is 0 Å². The molecule has 0 aliphatic heterocycles. The van der Waals surface area contributed by atoms with Crippen LogP contribution in [0, 0.1) is 6.92 Å². The normalized spacial score (nSPS) is 11.9. The van der Waals surface area contributed by atoms with Crippen molar-refractivity contribution in [1.82, 2.24) is 9.88 Å². The zero-order valence-corrected chi connectivity index (χ0v) is 21.3. The highest BCUT2D eigenvalue weighted by atomic mass is 32.2. The molecule has 0 saturated heterocycles. The number of amides is 1. The molecule has 0 radical (unpaired) electrons. The predicted molar refractivity (Wildman–Crippen MR) is 135 cm³/mol. The summed E-state index contributed by atoms with van der Waals surface area (Å²) in [6.45, 7) is 9.25. The first-order chi connectivity index (χ1) is 15.2. The van der Waals surface area contributed by atoms with Gasteiger partial charge in [-0.15, -0.1) is 11.8 Å². The predicted octanol–water partition coefficient (Wildman–Crippen LogP) is 4.48. The van der Waals surface area contributed by atoms with Crippen LogP contribution in [0.4, 0.5) is 5.13 Å². The lowest BCUT2D eigenvalue weighted by Crippen LogP contribution is -2.39. The van der Waals surface area contributed by atoms with Crippen molar-refractivity contribution in [2.24, 2.45) is 0 Å². The Morgan fingerprint density at radius 2 is 1.75 bits per heavy atom. The molecule has 1 heterocycles. The van der Waals surface area contributed by atoms with Crippen molar-refractivity contribution in [1.29, 1.82) is 0 Å². The Bertz CT molecular complexity index is 1170. The summed E-state index contributed by atoms with van der Waals surface area (Å²) in [5.41, 5.74) is 1.61. The fourth-order valence-corrected chi connectivity index (χ4v) is 6.00. The number of benzene rings is 2. The SMILES string of the molecule is CCN(CC)CCN(C(=O)CSc1ccc(C)cc1)c1nc2c(S(C)(=O)=O)cccc2s1. The Morgan fingerprint density at radius 3 is 2.38 bits per heavy atom. The Morgan fingerprint density at radius 1 is 1.06 bits per heavy atom. The number of para-hydroxylation sites is 1. The van der Waals surface area contributed by atoms with Gasteiger partial charge in [0, 0.05) is 24.2 Å². The van der Waals surface area contributed by atoms with Crippen LogP contribution >= 0.6 is 23.1 Å². The van der Waals surface area contributed by atoms with Crippen LogP contribution in [-0.2, 0) is 14.6 Å². The van der Waals surface area contributed by atoms with Crippen LogP contribution in [-0.4, -0.2) is 62.4 Å². The molecule has 1 amide bonds. The Hall–Kier alpha value is -1.94.